The molecule has 0 bridgehead atoms. The quantitative estimate of drug-likeness (QED) is 0.671. The van der Waals surface area contributed by atoms with Crippen molar-refractivity contribution >= 4 is 21.4 Å². The molecule has 1 aromatic carbocycles. The van der Waals surface area contributed by atoms with E-state index in [0.29, 0.717) is 0 Å². The van der Waals surface area contributed by atoms with E-state index in [4.69, 9.17) is 5.26 Å². The minimum atomic E-state index is 0.848. The van der Waals surface area contributed by atoms with Gasteiger partial charge in [0.05, 0.1) is 5.56 Å². The number of aryl methyl sites for hydroxylation is 1. The molecule has 0 aliphatic carbocycles. The van der Waals surface area contributed by atoms with Gasteiger partial charge in [-0.3, -0.25) is 0 Å². The Hall–Kier alpha value is -1.33. The highest BCUT2D eigenvalue weighted by Crippen LogP contribution is 2.26. The Labute approximate surface area is 81.2 Å². The van der Waals surface area contributed by atoms with Gasteiger partial charge in [0.25, 0.3) is 0 Å². The summed E-state index contributed by atoms with van der Waals surface area (Å²) in [7, 11) is 0. The van der Waals surface area contributed by atoms with E-state index in [-0.39, 0.29) is 0 Å². The lowest BCUT2D eigenvalue weighted by molar-refractivity contribution is 1.14. The smallest absolute Gasteiger partial charge is 0.100 e. The van der Waals surface area contributed by atoms with Gasteiger partial charge in [0.2, 0.25) is 0 Å². The Balaban J connectivity index is 2.84. The number of thiophene rings is 1. The van der Waals surface area contributed by atoms with Crippen molar-refractivity contribution < 1.29 is 0 Å². The molecule has 2 heteroatoms. The zero-order valence-corrected chi connectivity index (χ0v) is 8.19. The molecule has 2 rings (SSSR count). The van der Waals surface area contributed by atoms with Crippen LogP contribution < -0.4 is 0 Å². The molecule has 0 aliphatic rings. The van der Waals surface area contributed by atoms with Crippen LogP contribution in [0.25, 0.3) is 10.1 Å². The molecule has 1 nitrogen and oxygen atoms in total. The molecule has 0 N–H and O–H groups in total. The Kier molecular flexibility index (Phi) is 2.03. The van der Waals surface area contributed by atoms with E-state index in [1.54, 1.807) is 11.3 Å². The van der Waals surface area contributed by atoms with Gasteiger partial charge in [0.15, 0.2) is 0 Å². The SMILES string of the molecule is CCc1ccc2sccc2c1C#N. The van der Waals surface area contributed by atoms with E-state index in [0.717, 1.165) is 22.9 Å². The number of rotatable bonds is 1. The molecule has 0 aliphatic heterocycles. The van der Waals surface area contributed by atoms with Crippen molar-refractivity contribution in [2.45, 2.75) is 13.3 Å². The second kappa shape index (κ2) is 3.20. The fourth-order valence-electron chi connectivity index (χ4n) is 1.52. The van der Waals surface area contributed by atoms with Crippen molar-refractivity contribution in [3.8, 4) is 6.07 Å². The van der Waals surface area contributed by atoms with Crippen LogP contribution >= 0.6 is 11.3 Å². The average molecular weight is 187 g/mol. The van der Waals surface area contributed by atoms with Crippen LogP contribution in [-0.2, 0) is 6.42 Å². The molecule has 64 valence electrons. The van der Waals surface area contributed by atoms with E-state index in [1.165, 1.54) is 4.70 Å². The van der Waals surface area contributed by atoms with Crippen molar-refractivity contribution in [1.29, 1.82) is 5.26 Å². The van der Waals surface area contributed by atoms with E-state index < -0.39 is 0 Å². The number of hydrogen-bond acceptors (Lipinski definition) is 2. The van der Waals surface area contributed by atoms with Crippen LogP contribution in [0.5, 0.6) is 0 Å². The maximum Gasteiger partial charge on any atom is 0.100 e. The molecule has 0 saturated carbocycles. The molecule has 0 amide bonds. The lowest BCUT2D eigenvalue weighted by Crippen LogP contribution is -1.86. The van der Waals surface area contributed by atoms with Crippen molar-refractivity contribution in [3.05, 3.63) is 34.7 Å². The van der Waals surface area contributed by atoms with Crippen LogP contribution in [0.15, 0.2) is 23.6 Å². The van der Waals surface area contributed by atoms with Crippen LogP contribution in [-0.4, -0.2) is 0 Å². The highest BCUT2D eigenvalue weighted by atomic mass is 32.1. The number of fused-ring (bicyclic) bond motifs is 1. The van der Waals surface area contributed by atoms with Gasteiger partial charge in [0, 0.05) is 10.1 Å². The van der Waals surface area contributed by atoms with E-state index >= 15 is 0 Å². The molecule has 0 radical (unpaired) electrons. The van der Waals surface area contributed by atoms with Crippen molar-refractivity contribution in [2.75, 3.05) is 0 Å². The number of nitrogens with zero attached hydrogens (tertiary/aromatic N) is 1. The molecule has 1 heterocycles. The summed E-state index contributed by atoms with van der Waals surface area (Å²) in [6.45, 7) is 2.08. The van der Waals surface area contributed by atoms with E-state index in [1.807, 2.05) is 11.4 Å². The predicted molar refractivity (Wildman–Crippen MR) is 55.9 cm³/mol. The second-order valence-corrected chi connectivity index (χ2v) is 3.85. The molecule has 0 saturated heterocycles. The topological polar surface area (TPSA) is 23.8 Å². The molecular formula is C11H9NS. The first-order valence-corrected chi connectivity index (χ1v) is 5.14. The first kappa shape index (κ1) is 8.28. The maximum absolute atomic E-state index is 9.02. The van der Waals surface area contributed by atoms with Crippen LogP contribution in [0.3, 0.4) is 0 Å². The van der Waals surface area contributed by atoms with Gasteiger partial charge in [-0.1, -0.05) is 13.0 Å². The first-order chi connectivity index (χ1) is 6.36. The summed E-state index contributed by atoms with van der Waals surface area (Å²) < 4.78 is 1.20. The molecule has 1 aromatic heterocycles. The van der Waals surface area contributed by atoms with Gasteiger partial charge in [-0.25, -0.2) is 0 Å². The normalized spacial score (nSPS) is 10.2. The molecular weight excluding hydrogens is 178 g/mol. The molecule has 0 atom stereocenters. The van der Waals surface area contributed by atoms with Gasteiger partial charge >= 0.3 is 0 Å². The molecule has 0 spiro atoms. The third-order valence-corrected chi connectivity index (χ3v) is 3.10. The second-order valence-electron chi connectivity index (χ2n) is 2.90. The van der Waals surface area contributed by atoms with Gasteiger partial charge in [0.1, 0.15) is 6.07 Å². The molecule has 0 fully saturated rings. The fraction of sp³-hybridized carbons (Fsp3) is 0.182. The first-order valence-electron chi connectivity index (χ1n) is 4.26. The number of hydrogen-bond donors (Lipinski definition) is 0. The summed E-state index contributed by atoms with van der Waals surface area (Å²) in [6.07, 6.45) is 0.925. The zero-order chi connectivity index (χ0) is 9.26. The van der Waals surface area contributed by atoms with Crippen LogP contribution in [0.4, 0.5) is 0 Å². The summed E-state index contributed by atoms with van der Waals surface area (Å²) in [5, 5.41) is 12.2. The van der Waals surface area contributed by atoms with Gasteiger partial charge in [-0.2, -0.15) is 5.26 Å². The third kappa shape index (κ3) is 1.22. The van der Waals surface area contributed by atoms with Gasteiger partial charge in [-0.15, -0.1) is 11.3 Å². The largest absolute Gasteiger partial charge is 0.192 e. The lowest BCUT2D eigenvalue weighted by Gasteiger charge is -2.00. The fourth-order valence-corrected chi connectivity index (χ4v) is 2.31. The Morgan fingerprint density at radius 2 is 2.23 bits per heavy atom. The number of benzene rings is 1. The molecule has 0 unspecified atom stereocenters. The minimum absolute atomic E-state index is 0.848. The maximum atomic E-state index is 9.02. The van der Waals surface area contributed by atoms with Gasteiger partial charge < -0.3 is 0 Å². The highest BCUT2D eigenvalue weighted by Gasteiger charge is 2.05. The minimum Gasteiger partial charge on any atom is -0.192 e. The van der Waals surface area contributed by atoms with Crippen molar-refractivity contribution in [3.63, 3.8) is 0 Å². The summed E-state index contributed by atoms with van der Waals surface area (Å²) in [5.74, 6) is 0. The average Bonchev–Trinajstić information content (AvgIpc) is 2.63. The van der Waals surface area contributed by atoms with Gasteiger partial charge in [-0.05, 0) is 29.5 Å². The lowest BCUT2D eigenvalue weighted by atomic mass is 10.0. The molecule has 13 heavy (non-hydrogen) atoms. The predicted octanol–water partition coefficient (Wildman–Crippen LogP) is 3.34. The summed E-state index contributed by atoms with van der Waals surface area (Å²) in [6, 6.07) is 8.46. The van der Waals surface area contributed by atoms with E-state index in [9.17, 15) is 0 Å². The van der Waals surface area contributed by atoms with E-state index in [2.05, 4.69) is 25.1 Å². The van der Waals surface area contributed by atoms with Crippen LogP contribution in [0.1, 0.15) is 18.1 Å². The highest BCUT2D eigenvalue weighted by molar-refractivity contribution is 7.17. The summed E-state index contributed by atoms with van der Waals surface area (Å²) in [4.78, 5) is 0. The monoisotopic (exact) mass is 187 g/mol. The third-order valence-electron chi connectivity index (χ3n) is 2.21. The summed E-state index contributed by atoms with van der Waals surface area (Å²) in [5.41, 5.74) is 2.00. The van der Waals surface area contributed by atoms with Crippen molar-refractivity contribution in [2.24, 2.45) is 0 Å². The van der Waals surface area contributed by atoms with Crippen LogP contribution in [0, 0.1) is 11.3 Å². The van der Waals surface area contributed by atoms with Crippen molar-refractivity contribution in [1.82, 2.24) is 0 Å². The molecule has 2 aromatic rings. The standard InChI is InChI=1S/C11H9NS/c1-2-8-3-4-11-9(5-6-13-11)10(8)7-12/h3-6H,2H2,1H3. The number of nitriles is 1. The Morgan fingerprint density at radius 3 is 2.92 bits per heavy atom. The summed E-state index contributed by atoms with van der Waals surface area (Å²) >= 11 is 1.68. The van der Waals surface area contributed by atoms with Crippen LogP contribution in [0.2, 0.25) is 0 Å². The zero-order valence-electron chi connectivity index (χ0n) is 7.37. The Morgan fingerprint density at radius 1 is 1.38 bits per heavy atom. The Bertz CT molecular complexity index is 476.